The van der Waals surface area contributed by atoms with E-state index in [0.29, 0.717) is 0 Å². The lowest BCUT2D eigenvalue weighted by molar-refractivity contribution is -0.124. The van der Waals surface area contributed by atoms with Gasteiger partial charge < -0.3 is 20.3 Å². The van der Waals surface area contributed by atoms with Crippen molar-refractivity contribution in [3.8, 4) is 5.75 Å². The zero-order chi connectivity index (χ0) is 19.1. The number of rotatable bonds is 2. The van der Waals surface area contributed by atoms with E-state index < -0.39 is 0 Å². The summed E-state index contributed by atoms with van der Waals surface area (Å²) in [6.45, 7) is 2.70. The third-order valence-electron chi connectivity index (χ3n) is 6.51. The number of carbonyl (C=O) groups excluding carboxylic acids is 1. The summed E-state index contributed by atoms with van der Waals surface area (Å²) in [5, 5.41) is 6.81. The highest BCUT2D eigenvalue weighted by Gasteiger charge is 2.44. The molecule has 3 heterocycles. The van der Waals surface area contributed by atoms with Gasteiger partial charge in [-0.2, -0.15) is 0 Å². The molecule has 146 valence electrons. The molecule has 0 aromatic heterocycles. The number of ether oxygens (including phenoxy) is 1. The van der Waals surface area contributed by atoms with E-state index in [0.717, 1.165) is 61.5 Å². The molecule has 3 atom stereocenters. The Morgan fingerprint density at radius 1 is 1.18 bits per heavy atom. The molecular formula is C23H27N3O2. The van der Waals surface area contributed by atoms with Crippen molar-refractivity contribution in [1.82, 2.24) is 10.6 Å². The van der Waals surface area contributed by atoms with Crippen molar-refractivity contribution in [2.24, 2.45) is 0 Å². The van der Waals surface area contributed by atoms with E-state index in [1.54, 1.807) is 0 Å². The quantitative estimate of drug-likeness (QED) is 0.845. The third kappa shape index (κ3) is 2.94. The van der Waals surface area contributed by atoms with Gasteiger partial charge in [0.15, 0.2) is 0 Å². The largest absolute Gasteiger partial charge is 0.485 e. The van der Waals surface area contributed by atoms with Crippen LogP contribution >= 0.6 is 0 Å². The van der Waals surface area contributed by atoms with Crippen molar-refractivity contribution >= 4 is 11.6 Å². The lowest BCUT2D eigenvalue weighted by atomic mass is 9.85. The minimum Gasteiger partial charge on any atom is -0.485 e. The molecule has 3 aliphatic heterocycles. The van der Waals surface area contributed by atoms with E-state index in [1.165, 1.54) is 0 Å². The van der Waals surface area contributed by atoms with Crippen LogP contribution in [0.4, 0.5) is 5.69 Å². The number of nitrogens with one attached hydrogen (secondary N) is 2. The van der Waals surface area contributed by atoms with Crippen molar-refractivity contribution in [1.29, 1.82) is 0 Å². The van der Waals surface area contributed by atoms with E-state index in [2.05, 4.69) is 40.8 Å². The molecule has 5 nitrogen and oxygen atoms in total. The van der Waals surface area contributed by atoms with Crippen LogP contribution in [-0.4, -0.2) is 38.2 Å². The standard InChI is InChI=1S/C23H27N3O2/c1-26-13-10-17(16-6-2-4-8-20(16)26)22(27)25-19-14-23(11-12-24-15-23)28-21-9-5-3-7-18(19)21/h2-9,17,19,24H,10-15H2,1H3,(H,25,27). The molecule has 2 aromatic rings. The second kappa shape index (κ2) is 6.82. The fraction of sp³-hybridized carbons (Fsp3) is 0.435. The van der Waals surface area contributed by atoms with E-state index in [4.69, 9.17) is 4.74 Å². The number of hydrogen-bond donors (Lipinski definition) is 2. The predicted octanol–water partition coefficient (Wildman–Crippen LogP) is 2.98. The third-order valence-corrected chi connectivity index (χ3v) is 6.51. The summed E-state index contributed by atoms with van der Waals surface area (Å²) < 4.78 is 6.39. The van der Waals surface area contributed by atoms with Crippen LogP contribution in [0.2, 0.25) is 0 Å². The first-order valence-electron chi connectivity index (χ1n) is 10.2. The summed E-state index contributed by atoms with van der Waals surface area (Å²) in [6, 6.07) is 16.4. The van der Waals surface area contributed by atoms with Crippen LogP contribution in [0.1, 0.15) is 42.3 Å². The molecule has 1 fully saturated rings. The highest BCUT2D eigenvalue weighted by Crippen LogP contribution is 2.43. The fourth-order valence-electron chi connectivity index (χ4n) is 5.00. The van der Waals surface area contributed by atoms with E-state index in [1.807, 2.05) is 30.3 Å². The predicted molar refractivity (Wildman–Crippen MR) is 110 cm³/mol. The van der Waals surface area contributed by atoms with Gasteiger partial charge in [-0.1, -0.05) is 36.4 Å². The highest BCUT2D eigenvalue weighted by atomic mass is 16.5. The molecule has 1 saturated heterocycles. The molecule has 3 aliphatic rings. The number of carbonyl (C=O) groups is 1. The molecule has 3 unspecified atom stereocenters. The molecule has 2 aromatic carbocycles. The number of amides is 1. The summed E-state index contributed by atoms with van der Waals surface area (Å²) in [5.41, 5.74) is 3.18. The summed E-state index contributed by atoms with van der Waals surface area (Å²) in [5.74, 6) is 0.940. The molecule has 0 aliphatic carbocycles. The molecule has 1 spiro atoms. The van der Waals surface area contributed by atoms with Gasteiger partial charge in [-0.3, -0.25) is 4.79 Å². The SMILES string of the molecule is CN1CCC(C(=O)NC2CC3(CCNC3)Oc3ccccc32)c2ccccc21. The van der Waals surface area contributed by atoms with Crippen LogP contribution in [0.15, 0.2) is 48.5 Å². The van der Waals surface area contributed by atoms with E-state index in [-0.39, 0.29) is 23.5 Å². The summed E-state index contributed by atoms with van der Waals surface area (Å²) in [4.78, 5) is 15.6. The summed E-state index contributed by atoms with van der Waals surface area (Å²) >= 11 is 0. The molecule has 1 amide bonds. The van der Waals surface area contributed by atoms with Gasteiger partial charge in [0.05, 0.1) is 12.0 Å². The molecule has 0 saturated carbocycles. The van der Waals surface area contributed by atoms with Crippen molar-refractivity contribution in [2.75, 3.05) is 31.6 Å². The topological polar surface area (TPSA) is 53.6 Å². The average molecular weight is 377 g/mol. The normalized spacial score (nSPS) is 28.4. The van der Waals surface area contributed by atoms with Crippen LogP contribution in [0.25, 0.3) is 0 Å². The fourth-order valence-corrected chi connectivity index (χ4v) is 5.00. The van der Waals surface area contributed by atoms with Gasteiger partial charge in [0.2, 0.25) is 5.91 Å². The first-order chi connectivity index (χ1) is 13.7. The van der Waals surface area contributed by atoms with Gasteiger partial charge in [0.25, 0.3) is 0 Å². The second-order valence-electron chi connectivity index (χ2n) is 8.34. The lowest BCUT2D eigenvalue weighted by Gasteiger charge is -2.40. The van der Waals surface area contributed by atoms with Gasteiger partial charge in [0.1, 0.15) is 11.4 Å². The number of fused-ring (bicyclic) bond motifs is 2. The highest BCUT2D eigenvalue weighted by molar-refractivity contribution is 5.87. The maximum absolute atomic E-state index is 13.4. The van der Waals surface area contributed by atoms with Crippen molar-refractivity contribution < 1.29 is 9.53 Å². The van der Waals surface area contributed by atoms with Crippen LogP contribution in [0.5, 0.6) is 5.75 Å². The molecule has 5 heteroatoms. The lowest BCUT2D eigenvalue weighted by Crippen LogP contribution is -2.47. The molecule has 5 rings (SSSR count). The monoisotopic (exact) mass is 377 g/mol. The minimum absolute atomic E-state index is 0.0100. The molecule has 2 N–H and O–H groups in total. The van der Waals surface area contributed by atoms with Gasteiger partial charge in [-0.25, -0.2) is 0 Å². The number of nitrogens with zero attached hydrogens (tertiary/aromatic N) is 1. The number of para-hydroxylation sites is 2. The first kappa shape index (κ1) is 17.6. The Hall–Kier alpha value is -2.53. The average Bonchev–Trinajstić information content (AvgIpc) is 3.15. The van der Waals surface area contributed by atoms with Gasteiger partial charge >= 0.3 is 0 Å². The zero-order valence-corrected chi connectivity index (χ0v) is 16.3. The van der Waals surface area contributed by atoms with Crippen LogP contribution < -0.4 is 20.3 Å². The molecule has 28 heavy (non-hydrogen) atoms. The minimum atomic E-state index is -0.211. The van der Waals surface area contributed by atoms with Crippen LogP contribution in [-0.2, 0) is 4.79 Å². The smallest absolute Gasteiger partial charge is 0.228 e. The van der Waals surface area contributed by atoms with Crippen molar-refractivity contribution in [3.63, 3.8) is 0 Å². The maximum atomic E-state index is 13.4. The number of anilines is 1. The Kier molecular flexibility index (Phi) is 4.27. The molecular weight excluding hydrogens is 350 g/mol. The van der Waals surface area contributed by atoms with Crippen LogP contribution in [0, 0.1) is 0 Å². The van der Waals surface area contributed by atoms with Gasteiger partial charge in [0, 0.05) is 44.2 Å². The maximum Gasteiger partial charge on any atom is 0.228 e. The Bertz CT molecular complexity index is 891. The van der Waals surface area contributed by atoms with Gasteiger partial charge in [-0.05, 0) is 30.7 Å². The van der Waals surface area contributed by atoms with E-state index >= 15 is 0 Å². The van der Waals surface area contributed by atoms with Crippen molar-refractivity contribution in [3.05, 3.63) is 59.7 Å². The summed E-state index contributed by atoms with van der Waals surface area (Å²) in [6.07, 6.45) is 2.64. The van der Waals surface area contributed by atoms with Crippen LogP contribution in [0.3, 0.4) is 0 Å². The van der Waals surface area contributed by atoms with E-state index in [9.17, 15) is 4.79 Å². The molecule has 0 bridgehead atoms. The Morgan fingerprint density at radius 3 is 2.79 bits per heavy atom. The molecule has 0 radical (unpaired) electrons. The Labute approximate surface area is 166 Å². The van der Waals surface area contributed by atoms with Gasteiger partial charge in [-0.15, -0.1) is 0 Å². The first-order valence-corrected chi connectivity index (χ1v) is 10.2. The second-order valence-corrected chi connectivity index (χ2v) is 8.34. The zero-order valence-electron chi connectivity index (χ0n) is 16.3. The van der Waals surface area contributed by atoms with Crippen molar-refractivity contribution in [2.45, 2.75) is 36.8 Å². The number of hydrogen-bond acceptors (Lipinski definition) is 4. The Morgan fingerprint density at radius 2 is 1.96 bits per heavy atom. The summed E-state index contributed by atoms with van der Waals surface area (Å²) in [7, 11) is 2.10. The number of benzene rings is 2. The Balaban J connectivity index is 1.43.